The Morgan fingerprint density at radius 1 is 1.59 bits per heavy atom. The van der Waals surface area contributed by atoms with Crippen LogP contribution in [0.2, 0.25) is 0 Å². The first-order valence-electron chi connectivity index (χ1n) is 4.90. The lowest BCUT2D eigenvalue weighted by Gasteiger charge is -2.12. The summed E-state index contributed by atoms with van der Waals surface area (Å²) >= 11 is 3.27. The molecule has 1 aromatic rings. The van der Waals surface area contributed by atoms with Crippen molar-refractivity contribution in [3.05, 3.63) is 22.2 Å². The van der Waals surface area contributed by atoms with Gasteiger partial charge in [0, 0.05) is 12.5 Å². The van der Waals surface area contributed by atoms with Crippen molar-refractivity contribution >= 4 is 28.1 Å². The summed E-state index contributed by atoms with van der Waals surface area (Å²) in [6.07, 6.45) is 1.25. The van der Waals surface area contributed by atoms with Gasteiger partial charge in [-0.05, 0) is 35.0 Å². The summed E-state index contributed by atoms with van der Waals surface area (Å²) < 4.78 is 10.9. The zero-order valence-corrected chi connectivity index (χ0v) is 11.0. The van der Waals surface area contributed by atoms with Gasteiger partial charge in [-0.15, -0.1) is 0 Å². The molecule has 0 aromatic heterocycles. The molecule has 0 atom stereocenters. The SMILES string of the molecule is CCOc1cc(C=NO)cc(Br)c1OC(C)=O. The maximum absolute atomic E-state index is 11.0. The Kier molecular flexibility index (Phi) is 4.96. The average molecular weight is 302 g/mol. The van der Waals surface area contributed by atoms with Crippen LogP contribution < -0.4 is 9.47 Å². The van der Waals surface area contributed by atoms with Crippen molar-refractivity contribution in [2.24, 2.45) is 5.16 Å². The first kappa shape index (κ1) is 13.5. The van der Waals surface area contributed by atoms with Crippen molar-refractivity contribution in [2.75, 3.05) is 6.61 Å². The Balaban J connectivity index is 3.21. The van der Waals surface area contributed by atoms with Crippen LogP contribution in [0.15, 0.2) is 21.8 Å². The molecule has 0 aliphatic carbocycles. The molecule has 92 valence electrons. The zero-order chi connectivity index (χ0) is 12.8. The molecule has 0 heterocycles. The number of ether oxygens (including phenoxy) is 2. The molecule has 0 amide bonds. The third kappa shape index (κ3) is 3.74. The lowest BCUT2D eigenvalue weighted by molar-refractivity contribution is -0.132. The van der Waals surface area contributed by atoms with Gasteiger partial charge in [-0.2, -0.15) is 0 Å². The number of rotatable bonds is 4. The van der Waals surface area contributed by atoms with Crippen LogP contribution in [-0.2, 0) is 4.79 Å². The van der Waals surface area contributed by atoms with Crippen LogP contribution >= 0.6 is 15.9 Å². The topological polar surface area (TPSA) is 68.1 Å². The lowest BCUT2D eigenvalue weighted by atomic mass is 10.2. The van der Waals surface area contributed by atoms with Crippen molar-refractivity contribution in [2.45, 2.75) is 13.8 Å². The van der Waals surface area contributed by atoms with Crippen LogP contribution in [0.1, 0.15) is 19.4 Å². The van der Waals surface area contributed by atoms with Crippen LogP contribution in [0.5, 0.6) is 11.5 Å². The second-order valence-corrected chi connectivity index (χ2v) is 3.96. The molecule has 0 radical (unpaired) electrons. The van der Waals surface area contributed by atoms with Crippen molar-refractivity contribution in [1.82, 2.24) is 0 Å². The minimum Gasteiger partial charge on any atom is -0.490 e. The van der Waals surface area contributed by atoms with E-state index in [0.717, 1.165) is 0 Å². The highest BCUT2D eigenvalue weighted by Crippen LogP contribution is 2.36. The Morgan fingerprint density at radius 3 is 2.82 bits per heavy atom. The number of oxime groups is 1. The fourth-order valence-corrected chi connectivity index (χ4v) is 1.78. The number of hydrogen-bond acceptors (Lipinski definition) is 5. The van der Waals surface area contributed by atoms with E-state index in [1.807, 2.05) is 6.92 Å². The molecular formula is C11H12BrNO4. The van der Waals surface area contributed by atoms with Gasteiger partial charge in [-0.1, -0.05) is 5.16 Å². The van der Waals surface area contributed by atoms with Crippen molar-refractivity contribution in [1.29, 1.82) is 0 Å². The Bertz CT molecular complexity index is 445. The van der Waals surface area contributed by atoms with Gasteiger partial charge in [0.15, 0.2) is 11.5 Å². The van der Waals surface area contributed by atoms with Gasteiger partial charge in [0.25, 0.3) is 0 Å². The monoisotopic (exact) mass is 301 g/mol. The molecule has 0 aliphatic heterocycles. The molecule has 6 heteroatoms. The third-order valence-corrected chi connectivity index (χ3v) is 2.37. The molecule has 0 spiro atoms. The molecular weight excluding hydrogens is 290 g/mol. The molecule has 0 bridgehead atoms. The summed E-state index contributed by atoms with van der Waals surface area (Å²) in [7, 11) is 0. The van der Waals surface area contributed by atoms with E-state index in [-0.39, 0.29) is 0 Å². The summed E-state index contributed by atoms with van der Waals surface area (Å²) in [6.45, 7) is 3.56. The van der Waals surface area contributed by atoms with Gasteiger partial charge in [0.2, 0.25) is 0 Å². The van der Waals surface area contributed by atoms with Crippen LogP contribution in [0.25, 0.3) is 0 Å². The van der Waals surface area contributed by atoms with Gasteiger partial charge in [-0.25, -0.2) is 0 Å². The van der Waals surface area contributed by atoms with E-state index in [4.69, 9.17) is 14.7 Å². The predicted molar refractivity (Wildman–Crippen MR) is 66.0 cm³/mol. The van der Waals surface area contributed by atoms with Crippen molar-refractivity contribution in [3.63, 3.8) is 0 Å². The van der Waals surface area contributed by atoms with E-state index in [1.54, 1.807) is 12.1 Å². The van der Waals surface area contributed by atoms with E-state index in [2.05, 4.69) is 21.1 Å². The molecule has 1 rings (SSSR count). The largest absolute Gasteiger partial charge is 0.490 e. The summed E-state index contributed by atoms with van der Waals surface area (Å²) in [5, 5.41) is 11.4. The van der Waals surface area contributed by atoms with Crippen molar-refractivity contribution < 1.29 is 19.5 Å². The minimum atomic E-state index is -0.435. The lowest BCUT2D eigenvalue weighted by Crippen LogP contribution is -2.05. The van der Waals surface area contributed by atoms with Crippen LogP contribution in [0, 0.1) is 0 Å². The minimum absolute atomic E-state index is 0.314. The van der Waals surface area contributed by atoms with Gasteiger partial charge < -0.3 is 14.7 Å². The number of nitrogens with zero attached hydrogens (tertiary/aromatic N) is 1. The van der Waals surface area contributed by atoms with Crippen molar-refractivity contribution in [3.8, 4) is 11.5 Å². The third-order valence-electron chi connectivity index (χ3n) is 1.78. The van der Waals surface area contributed by atoms with Crippen LogP contribution in [0.4, 0.5) is 0 Å². The Morgan fingerprint density at radius 2 is 2.29 bits per heavy atom. The molecule has 0 fully saturated rings. The maximum Gasteiger partial charge on any atom is 0.308 e. The maximum atomic E-state index is 11.0. The highest BCUT2D eigenvalue weighted by molar-refractivity contribution is 9.10. The van der Waals surface area contributed by atoms with E-state index >= 15 is 0 Å². The summed E-state index contributed by atoms with van der Waals surface area (Å²) in [6, 6.07) is 3.27. The number of benzene rings is 1. The number of hydrogen-bond donors (Lipinski definition) is 1. The number of esters is 1. The highest BCUT2D eigenvalue weighted by Gasteiger charge is 2.13. The summed E-state index contributed by atoms with van der Waals surface area (Å²) in [5.74, 6) is 0.289. The van der Waals surface area contributed by atoms with E-state index < -0.39 is 5.97 Å². The predicted octanol–water partition coefficient (Wildman–Crippen LogP) is 2.58. The molecule has 1 aromatic carbocycles. The average Bonchev–Trinajstić information content (AvgIpc) is 2.23. The second-order valence-electron chi connectivity index (χ2n) is 3.10. The first-order chi connectivity index (χ1) is 8.08. The highest BCUT2D eigenvalue weighted by atomic mass is 79.9. The molecule has 0 saturated heterocycles. The Labute approximate surface area is 107 Å². The van der Waals surface area contributed by atoms with Crippen LogP contribution in [-0.4, -0.2) is 24.0 Å². The summed E-state index contributed by atoms with van der Waals surface area (Å²) in [4.78, 5) is 11.0. The number of carbonyl (C=O) groups is 1. The zero-order valence-electron chi connectivity index (χ0n) is 9.44. The fourth-order valence-electron chi connectivity index (χ4n) is 1.23. The number of carbonyl (C=O) groups excluding carboxylic acids is 1. The normalized spacial score (nSPS) is 10.5. The summed E-state index contributed by atoms with van der Waals surface area (Å²) in [5.41, 5.74) is 0.624. The van der Waals surface area contributed by atoms with E-state index in [0.29, 0.717) is 28.1 Å². The van der Waals surface area contributed by atoms with Gasteiger partial charge in [-0.3, -0.25) is 4.79 Å². The molecule has 0 unspecified atom stereocenters. The molecule has 5 nitrogen and oxygen atoms in total. The second kappa shape index (κ2) is 6.24. The molecule has 0 saturated carbocycles. The first-order valence-corrected chi connectivity index (χ1v) is 5.70. The van der Waals surface area contributed by atoms with Crippen LogP contribution in [0.3, 0.4) is 0 Å². The molecule has 1 N–H and O–H groups in total. The molecule has 0 aliphatic rings. The molecule has 17 heavy (non-hydrogen) atoms. The van der Waals surface area contributed by atoms with E-state index in [9.17, 15) is 4.79 Å². The van der Waals surface area contributed by atoms with Gasteiger partial charge in [0.1, 0.15) is 0 Å². The standard InChI is InChI=1S/C11H12BrNO4/c1-3-16-10-5-8(6-13-15)4-9(12)11(10)17-7(2)14/h4-6,15H,3H2,1-2H3. The van der Waals surface area contributed by atoms with E-state index in [1.165, 1.54) is 13.1 Å². The smallest absolute Gasteiger partial charge is 0.308 e. The quantitative estimate of drug-likeness (QED) is 0.305. The van der Waals surface area contributed by atoms with Gasteiger partial charge in [0.05, 0.1) is 17.3 Å². The Hall–Kier alpha value is -1.56. The van der Waals surface area contributed by atoms with Gasteiger partial charge >= 0.3 is 5.97 Å². The number of halogens is 1. The fraction of sp³-hybridized carbons (Fsp3) is 0.273.